The van der Waals surface area contributed by atoms with Crippen molar-refractivity contribution < 1.29 is 26.2 Å². The van der Waals surface area contributed by atoms with Gasteiger partial charge in [0.2, 0.25) is 0 Å². The van der Waals surface area contributed by atoms with Gasteiger partial charge in [-0.05, 0) is 0 Å². The summed E-state index contributed by atoms with van der Waals surface area (Å²) < 4.78 is 0. The molecule has 1 aliphatic rings. The minimum atomic E-state index is 0. The quantitative estimate of drug-likeness (QED) is 0.471. The van der Waals surface area contributed by atoms with Gasteiger partial charge in [0, 0.05) is 0 Å². The summed E-state index contributed by atoms with van der Waals surface area (Å²) in [6, 6.07) is 0. The molecule has 3 N–H and O–H groups in total. The maximum atomic E-state index is 5.75. The van der Waals surface area contributed by atoms with Crippen LogP contribution in [0.15, 0.2) is 18.2 Å². The van der Waals surface area contributed by atoms with E-state index < -0.39 is 0 Å². The number of hydrogen-bond acceptors (Lipinski definition) is 0. The van der Waals surface area contributed by atoms with Crippen molar-refractivity contribution in [3.63, 3.8) is 0 Å². The minimum absolute atomic E-state index is 0. The summed E-state index contributed by atoms with van der Waals surface area (Å²) in [4.78, 5) is 0. The Hall–Kier alpha value is 0.786. The van der Waals surface area contributed by atoms with Crippen LogP contribution in [0.1, 0.15) is 6.42 Å². The molecule has 0 unspecified atom stereocenters. The van der Waals surface area contributed by atoms with E-state index in [2.05, 4.69) is 23.7 Å². The van der Waals surface area contributed by atoms with Crippen LogP contribution in [0.4, 0.5) is 0 Å². The maximum Gasteiger partial charge on any atom is 4.00 e. The Kier molecular flexibility index (Phi) is 121. The summed E-state index contributed by atoms with van der Waals surface area (Å²) in [5, 5.41) is 0. The van der Waals surface area contributed by atoms with E-state index in [0.29, 0.717) is 15.4 Å². The molecule has 0 aromatic carbocycles. The Morgan fingerprint density at radius 3 is 1.40 bits per heavy atom. The predicted octanol–water partition coefficient (Wildman–Crippen LogP) is 3.83. The van der Waals surface area contributed by atoms with Gasteiger partial charge in [-0.3, -0.25) is 6.08 Å². The summed E-state index contributed by atoms with van der Waals surface area (Å²) >= 11 is 0.312. The Morgan fingerprint density at radius 1 is 1.00 bits per heavy atom. The van der Waals surface area contributed by atoms with Crippen molar-refractivity contribution in [1.29, 1.82) is 0 Å². The first-order chi connectivity index (χ1) is 6.91. The summed E-state index contributed by atoms with van der Waals surface area (Å²) in [7, 11) is 3.75. The molecule has 0 saturated heterocycles. The van der Waals surface area contributed by atoms with Crippen molar-refractivity contribution in [3.8, 4) is 0 Å². The van der Waals surface area contributed by atoms with Gasteiger partial charge in [0.1, 0.15) is 0 Å². The Labute approximate surface area is 122 Å². The molecule has 0 heterocycles. The van der Waals surface area contributed by atoms with Crippen LogP contribution in [0.25, 0.3) is 17.2 Å². The van der Waals surface area contributed by atoms with Crippen LogP contribution in [-0.2, 0) is 26.2 Å². The number of nitrogens with one attached hydrogen (secondary N) is 3. The zero-order valence-corrected chi connectivity index (χ0v) is 15.4. The van der Waals surface area contributed by atoms with E-state index in [9.17, 15) is 0 Å². The second kappa shape index (κ2) is 61.0. The van der Waals surface area contributed by atoms with Crippen molar-refractivity contribution in [1.82, 2.24) is 0 Å². The maximum absolute atomic E-state index is 5.75. The third-order valence-electron chi connectivity index (χ3n) is 0.586. The summed E-state index contributed by atoms with van der Waals surface area (Å²) in [6.07, 6.45) is 10.0. The van der Waals surface area contributed by atoms with Crippen molar-refractivity contribution in [2.24, 2.45) is 0 Å². The second-order valence-corrected chi connectivity index (χ2v) is 4.00. The molecule has 0 amide bonds. The van der Waals surface area contributed by atoms with Crippen molar-refractivity contribution >= 4 is 15.4 Å². The van der Waals surface area contributed by atoms with Gasteiger partial charge in [-0.25, -0.2) is 12.2 Å². The van der Waals surface area contributed by atoms with Crippen LogP contribution in [0, 0.1) is 6.08 Å². The van der Waals surface area contributed by atoms with Crippen molar-refractivity contribution in [2.45, 2.75) is 17.9 Å². The van der Waals surface area contributed by atoms with Crippen LogP contribution in [0.2, 0.25) is 11.5 Å². The van der Waals surface area contributed by atoms with E-state index in [0.717, 1.165) is 6.42 Å². The number of rotatable bonds is 0. The Bertz CT molecular complexity index is 88.7. The molecule has 0 aliphatic heterocycles. The van der Waals surface area contributed by atoms with Crippen LogP contribution >= 0.6 is 0 Å². The first-order valence-corrected chi connectivity index (χ1v) is 9.22. The Morgan fingerprint density at radius 2 is 1.33 bits per heavy atom. The van der Waals surface area contributed by atoms with Gasteiger partial charge in [-0.2, -0.15) is 27.2 Å². The molecule has 3 nitrogen and oxygen atoms in total. The average molecular weight is 350 g/mol. The topological polar surface area (TPSA) is 71.4 Å². The number of hydrogen-bond donors (Lipinski definition) is 0. The van der Waals surface area contributed by atoms with Crippen LogP contribution in [0.3, 0.4) is 0 Å². The summed E-state index contributed by atoms with van der Waals surface area (Å²) in [5.74, 6) is 4.56. The molecule has 0 saturated carbocycles. The molecule has 0 fully saturated rings. The van der Waals surface area contributed by atoms with Gasteiger partial charge < -0.3 is 17.2 Å². The van der Waals surface area contributed by atoms with Crippen LogP contribution < -0.4 is 0 Å². The van der Waals surface area contributed by atoms with Crippen molar-refractivity contribution in [3.05, 3.63) is 41.5 Å². The summed E-state index contributed by atoms with van der Waals surface area (Å²) in [5.41, 5.74) is 17.2. The zero-order valence-electron chi connectivity index (χ0n) is 10.5. The fraction of sp³-hybridized carbons (Fsp3) is 0.600. The van der Waals surface area contributed by atoms with Gasteiger partial charge in [-0.1, -0.05) is 0 Å². The predicted molar refractivity (Wildman–Crippen MR) is 71.2 cm³/mol. The molecule has 1 radical (unpaired) electrons. The molecule has 0 aromatic heterocycles. The van der Waals surface area contributed by atoms with Crippen molar-refractivity contribution in [2.75, 3.05) is 21.1 Å². The van der Waals surface area contributed by atoms with E-state index in [1.165, 1.54) is 21.1 Å². The zero-order chi connectivity index (χ0) is 12.2. The minimum Gasteiger partial charge on any atom is 4.00 e. The van der Waals surface area contributed by atoms with Gasteiger partial charge in [0.05, 0.1) is 0 Å². The van der Waals surface area contributed by atoms with Gasteiger partial charge in [0.25, 0.3) is 0 Å². The van der Waals surface area contributed by atoms with Crippen LogP contribution in [0.5, 0.6) is 0 Å². The van der Waals surface area contributed by atoms with E-state index in [1.807, 2.05) is 12.2 Å². The second-order valence-electron chi connectivity index (χ2n) is 1.58. The molecule has 0 atom stereocenters. The molecule has 15 heavy (non-hydrogen) atoms. The monoisotopic (exact) mass is 350 g/mol. The summed E-state index contributed by atoms with van der Waals surface area (Å²) in [6.45, 7) is 0. The van der Waals surface area contributed by atoms with E-state index in [-0.39, 0.29) is 26.2 Å². The van der Waals surface area contributed by atoms with Crippen LogP contribution in [-0.4, -0.2) is 36.6 Å². The van der Waals surface area contributed by atoms with Gasteiger partial charge in [0.15, 0.2) is 0 Å². The van der Waals surface area contributed by atoms with Gasteiger partial charge in [-0.15, -0.1) is 6.42 Å². The van der Waals surface area contributed by atoms with Gasteiger partial charge >= 0.3 is 53.1 Å². The molecule has 0 bridgehead atoms. The molecule has 5 heteroatoms. The molecule has 87 valence electrons. The molecular formula is C10H24GeN3Zr. The third kappa shape index (κ3) is 72.2. The molecular weight excluding hydrogens is 326 g/mol. The molecule has 1 rings (SSSR count). The first-order valence-electron chi connectivity index (χ1n) is 4.37. The fourth-order valence-electron chi connectivity index (χ4n) is 0.340. The number of allylic oxidation sites excluding steroid dienone is 4. The SMILES string of the molecule is C[NH-].C[NH-].C[NH-].[C-]1=CC=CC1.[CH3][GeH][CH3].[Zr+4]. The molecule has 0 aromatic rings. The average Bonchev–Trinajstić information content (AvgIpc) is 2.85. The Balaban J connectivity index is -0.0000000299. The fourth-order valence-corrected chi connectivity index (χ4v) is 0.340. The largest absolute Gasteiger partial charge is 4.00 e. The van der Waals surface area contributed by atoms with E-state index in [1.54, 1.807) is 0 Å². The smallest absolute Gasteiger partial charge is 4.00 e. The molecule has 0 spiro atoms. The third-order valence-corrected chi connectivity index (χ3v) is 0.586. The molecule has 1 aliphatic carbocycles. The first kappa shape index (κ1) is 29.7. The van der Waals surface area contributed by atoms with E-state index >= 15 is 0 Å². The standard InChI is InChI=1S/C5H5.C2H7Ge.3CH4N.Zr/c1-2-4-5-3-1;1-3-2;3*1-2;/h1-3H,4H2;3H,1-2H3;3*2H,1H3;/q-1;;3*-1;+4. The van der Waals surface area contributed by atoms with E-state index in [4.69, 9.17) is 17.2 Å². The normalized spacial score (nSPS) is 8.27.